The first-order valence-electron chi connectivity index (χ1n) is 16.7. The van der Waals surface area contributed by atoms with E-state index >= 15 is 0 Å². The second-order valence-electron chi connectivity index (χ2n) is 13.8. The lowest BCUT2D eigenvalue weighted by Gasteiger charge is -2.22. The van der Waals surface area contributed by atoms with Crippen LogP contribution in [0.5, 0.6) is 5.75 Å². The lowest BCUT2D eigenvalue weighted by atomic mass is 9.83. The summed E-state index contributed by atoms with van der Waals surface area (Å²) in [7, 11) is 0. The highest BCUT2D eigenvalue weighted by Crippen LogP contribution is 2.41. The van der Waals surface area contributed by atoms with E-state index in [0.29, 0.717) is 11.4 Å². The average molecular weight is 636 g/mol. The average Bonchev–Trinajstić information content (AvgIpc) is 3.51. The molecule has 4 nitrogen and oxygen atoms in total. The van der Waals surface area contributed by atoms with Crippen LogP contribution >= 0.6 is 0 Å². The summed E-state index contributed by atoms with van der Waals surface area (Å²) in [6, 6.07) is 48.1. The molecule has 8 rings (SSSR count). The minimum absolute atomic E-state index is 0.0413. The van der Waals surface area contributed by atoms with Crippen molar-refractivity contribution in [3.63, 3.8) is 0 Å². The van der Waals surface area contributed by atoms with Crippen molar-refractivity contribution < 1.29 is 5.11 Å². The zero-order valence-corrected chi connectivity index (χ0v) is 28.1. The molecule has 0 unspecified atom stereocenters. The molecule has 0 amide bonds. The van der Waals surface area contributed by atoms with Crippen LogP contribution in [-0.4, -0.2) is 19.6 Å². The number of benzene rings is 6. The van der Waals surface area contributed by atoms with Crippen molar-refractivity contribution in [2.75, 3.05) is 0 Å². The second kappa shape index (κ2) is 11.9. The van der Waals surface area contributed by atoms with Gasteiger partial charge in [0.15, 0.2) is 0 Å². The van der Waals surface area contributed by atoms with E-state index in [1.54, 1.807) is 6.07 Å². The van der Waals surface area contributed by atoms with Gasteiger partial charge in [-0.1, -0.05) is 93.6 Å². The normalized spacial score (nSPS) is 11.8. The number of aromatic nitrogens is 3. The maximum absolute atomic E-state index is 11.0. The van der Waals surface area contributed by atoms with E-state index in [9.17, 15) is 5.11 Å². The Bertz CT molecular complexity index is 2490. The zero-order valence-electron chi connectivity index (χ0n) is 28.1. The molecule has 0 bridgehead atoms. The summed E-state index contributed by atoms with van der Waals surface area (Å²) in [4.78, 5) is 10.2. The molecule has 49 heavy (non-hydrogen) atoms. The Morgan fingerprint density at radius 3 is 1.96 bits per heavy atom. The number of aromatic hydroxyl groups is 1. The highest BCUT2D eigenvalue weighted by Gasteiger charge is 2.22. The number of phenolic OH excluding ortho intramolecular Hbond substituents is 1. The van der Waals surface area contributed by atoms with Crippen LogP contribution in [0.15, 0.2) is 146 Å². The molecule has 0 aliphatic carbocycles. The number of hydrogen-bond acceptors (Lipinski definition) is 3. The van der Waals surface area contributed by atoms with Gasteiger partial charge in [-0.2, -0.15) is 0 Å². The SMILES string of the molecule is Cc1ccnc2c(-c3cc(-c4ccccc4)cc(-c4cccc5c4nc(-c4ccccc4O)n5-c4ccccc4)c3)cc(C(C)(C)C)cc12. The number of nitrogens with zero attached hydrogens (tertiary/aromatic N) is 3. The monoisotopic (exact) mass is 635 g/mol. The van der Waals surface area contributed by atoms with Gasteiger partial charge in [0.2, 0.25) is 0 Å². The van der Waals surface area contributed by atoms with E-state index < -0.39 is 0 Å². The number of imidazole rings is 1. The van der Waals surface area contributed by atoms with Gasteiger partial charge >= 0.3 is 0 Å². The van der Waals surface area contributed by atoms with Gasteiger partial charge < -0.3 is 5.11 Å². The molecule has 0 aliphatic rings. The number of hydrogen-bond donors (Lipinski definition) is 1. The predicted octanol–water partition coefficient (Wildman–Crippen LogP) is 11.6. The molecule has 0 fully saturated rings. The van der Waals surface area contributed by atoms with Gasteiger partial charge in [0.05, 0.1) is 22.1 Å². The van der Waals surface area contributed by atoms with Crippen LogP contribution in [0.2, 0.25) is 0 Å². The summed E-state index contributed by atoms with van der Waals surface area (Å²) in [6.07, 6.45) is 1.91. The van der Waals surface area contributed by atoms with Crippen molar-refractivity contribution in [2.45, 2.75) is 33.1 Å². The summed E-state index contributed by atoms with van der Waals surface area (Å²) in [6.45, 7) is 8.96. The fraction of sp³-hybridized carbons (Fsp3) is 0.111. The Kier molecular flexibility index (Phi) is 7.37. The zero-order chi connectivity index (χ0) is 33.7. The first-order chi connectivity index (χ1) is 23.8. The molecule has 238 valence electrons. The van der Waals surface area contributed by atoms with E-state index in [1.807, 2.05) is 42.6 Å². The summed E-state index contributed by atoms with van der Waals surface area (Å²) >= 11 is 0. The predicted molar refractivity (Wildman–Crippen MR) is 203 cm³/mol. The van der Waals surface area contributed by atoms with Crippen molar-refractivity contribution in [1.29, 1.82) is 0 Å². The summed E-state index contributed by atoms with van der Waals surface area (Å²) in [5.41, 5.74) is 13.5. The Labute approximate surface area is 287 Å². The van der Waals surface area contributed by atoms with Gasteiger partial charge in [0, 0.05) is 28.4 Å². The first kappa shape index (κ1) is 30.3. The molecule has 2 aromatic heterocycles. The van der Waals surface area contributed by atoms with Gasteiger partial charge in [-0.25, -0.2) is 4.98 Å². The molecule has 0 aliphatic heterocycles. The number of para-hydroxylation sites is 3. The van der Waals surface area contributed by atoms with Crippen molar-refractivity contribution in [1.82, 2.24) is 14.5 Å². The van der Waals surface area contributed by atoms with Gasteiger partial charge in [-0.3, -0.25) is 9.55 Å². The molecule has 2 heterocycles. The van der Waals surface area contributed by atoms with E-state index in [2.05, 4.69) is 129 Å². The van der Waals surface area contributed by atoms with Crippen LogP contribution in [0.3, 0.4) is 0 Å². The van der Waals surface area contributed by atoms with Crippen LogP contribution in [-0.2, 0) is 5.41 Å². The summed E-state index contributed by atoms with van der Waals surface area (Å²) in [5, 5.41) is 12.2. The third kappa shape index (κ3) is 5.45. The molecule has 0 spiro atoms. The van der Waals surface area contributed by atoms with E-state index in [4.69, 9.17) is 9.97 Å². The fourth-order valence-corrected chi connectivity index (χ4v) is 6.79. The van der Waals surface area contributed by atoms with Crippen LogP contribution in [0, 0.1) is 6.92 Å². The largest absolute Gasteiger partial charge is 0.507 e. The topological polar surface area (TPSA) is 50.9 Å². The molecule has 0 radical (unpaired) electrons. The molecule has 6 aromatic carbocycles. The van der Waals surface area contributed by atoms with Crippen LogP contribution in [0.1, 0.15) is 31.9 Å². The third-order valence-corrected chi connectivity index (χ3v) is 9.44. The second-order valence-corrected chi connectivity index (χ2v) is 13.8. The Morgan fingerprint density at radius 1 is 0.571 bits per heavy atom. The molecule has 4 heteroatoms. The van der Waals surface area contributed by atoms with Crippen molar-refractivity contribution in [3.05, 3.63) is 157 Å². The van der Waals surface area contributed by atoms with Gasteiger partial charge in [-0.15, -0.1) is 0 Å². The van der Waals surface area contributed by atoms with Crippen molar-refractivity contribution >= 4 is 21.9 Å². The van der Waals surface area contributed by atoms with E-state index in [0.717, 1.165) is 55.6 Å². The maximum Gasteiger partial charge on any atom is 0.149 e. The molecule has 8 aromatic rings. The Hall–Kier alpha value is -6.00. The Balaban J connectivity index is 1.44. The minimum Gasteiger partial charge on any atom is -0.507 e. The molecule has 1 N–H and O–H groups in total. The lowest BCUT2D eigenvalue weighted by Crippen LogP contribution is -2.11. The number of fused-ring (bicyclic) bond motifs is 2. The highest BCUT2D eigenvalue weighted by atomic mass is 16.3. The lowest BCUT2D eigenvalue weighted by molar-refractivity contribution is 0.477. The van der Waals surface area contributed by atoms with Crippen molar-refractivity contribution in [3.8, 4) is 56.2 Å². The third-order valence-electron chi connectivity index (χ3n) is 9.44. The molecular weight excluding hydrogens is 599 g/mol. The van der Waals surface area contributed by atoms with Crippen molar-refractivity contribution in [2.24, 2.45) is 0 Å². The van der Waals surface area contributed by atoms with E-state index in [-0.39, 0.29) is 11.2 Å². The number of phenols is 1. The fourth-order valence-electron chi connectivity index (χ4n) is 6.79. The molecule has 0 atom stereocenters. The quantitative estimate of drug-likeness (QED) is 0.205. The number of pyridine rings is 1. The van der Waals surface area contributed by atoms with Gasteiger partial charge in [0.1, 0.15) is 11.6 Å². The van der Waals surface area contributed by atoms with Gasteiger partial charge in [-0.05, 0) is 112 Å². The maximum atomic E-state index is 11.0. The molecule has 0 saturated carbocycles. The van der Waals surface area contributed by atoms with Crippen LogP contribution in [0.25, 0.3) is 72.4 Å². The number of aryl methyl sites for hydroxylation is 1. The smallest absolute Gasteiger partial charge is 0.149 e. The minimum atomic E-state index is -0.0413. The van der Waals surface area contributed by atoms with E-state index in [1.165, 1.54) is 16.5 Å². The molecule has 0 saturated heterocycles. The highest BCUT2D eigenvalue weighted by molar-refractivity contribution is 6.01. The molecular formula is C45H37N3O. The van der Waals surface area contributed by atoms with Crippen LogP contribution in [0.4, 0.5) is 0 Å². The van der Waals surface area contributed by atoms with Gasteiger partial charge in [0.25, 0.3) is 0 Å². The number of rotatable bonds is 5. The summed E-state index contributed by atoms with van der Waals surface area (Å²) in [5.74, 6) is 0.882. The van der Waals surface area contributed by atoms with Crippen LogP contribution < -0.4 is 0 Å². The Morgan fingerprint density at radius 2 is 1.22 bits per heavy atom. The first-order valence-corrected chi connectivity index (χ1v) is 16.7. The standard InChI is InChI=1S/C45H37N3O/c1-29-22-23-46-42-38(29)27-34(45(2,3)4)28-39(42)33-25-31(30-14-7-5-8-15-30)24-32(26-33)36-19-13-20-40-43(36)47-44(37-18-11-12-21-41(37)49)48(40)35-16-9-6-10-17-35/h5-28,49H,1-4H3. The summed E-state index contributed by atoms with van der Waals surface area (Å²) < 4.78 is 2.14.